The van der Waals surface area contributed by atoms with Crippen molar-refractivity contribution in [2.75, 3.05) is 17.6 Å². The topological polar surface area (TPSA) is 49.3 Å². The molecule has 0 bridgehead atoms. The van der Waals surface area contributed by atoms with Crippen LogP contribution in [0.1, 0.15) is 24.8 Å². The molecule has 0 saturated carbocycles. The Labute approximate surface area is 99.2 Å². The second kappa shape index (κ2) is 4.78. The van der Waals surface area contributed by atoms with Crippen LogP contribution in [0.3, 0.4) is 0 Å². The van der Waals surface area contributed by atoms with E-state index in [2.05, 4.69) is 5.32 Å². The first-order valence-corrected chi connectivity index (χ1v) is 6.44. The first kappa shape index (κ1) is 11.3. The van der Waals surface area contributed by atoms with Gasteiger partial charge in [-0.15, -0.1) is 11.8 Å². The zero-order chi connectivity index (χ0) is 11.5. The lowest BCUT2D eigenvalue weighted by molar-refractivity contribution is -0.138. The molecule has 4 heteroatoms. The van der Waals surface area contributed by atoms with E-state index < -0.39 is 5.97 Å². The fourth-order valence-corrected chi connectivity index (χ4v) is 2.86. The molecule has 3 nitrogen and oxygen atoms in total. The molecule has 1 aliphatic rings. The van der Waals surface area contributed by atoms with E-state index in [4.69, 9.17) is 5.11 Å². The van der Waals surface area contributed by atoms with Gasteiger partial charge in [0.2, 0.25) is 0 Å². The highest BCUT2D eigenvalue weighted by atomic mass is 32.2. The van der Waals surface area contributed by atoms with E-state index in [1.54, 1.807) is 11.8 Å². The largest absolute Gasteiger partial charge is 0.481 e. The second-order valence-corrected chi connectivity index (χ2v) is 4.97. The van der Waals surface area contributed by atoms with Crippen LogP contribution in [0.15, 0.2) is 23.1 Å². The molecule has 86 valence electrons. The van der Waals surface area contributed by atoms with Gasteiger partial charge < -0.3 is 10.4 Å². The molecule has 0 fully saturated rings. The molecule has 0 aliphatic carbocycles. The maximum absolute atomic E-state index is 11.1. The maximum Gasteiger partial charge on any atom is 0.310 e. The Morgan fingerprint density at radius 3 is 3.12 bits per heavy atom. The van der Waals surface area contributed by atoms with Crippen molar-refractivity contribution < 1.29 is 9.90 Å². The lowest BCUT2D eigenvalue weighted by atomic mass is 9.96. The van der Waals surface area contributed by atoms with Crippen molar-refractivity contribution in [1.82, 2.24) is 0 Å². The summed E-state index contributed by atoms with van der Waals surface area (Å²) in [5.41, 5.74) is 2.03. The lowest BCUT2D eigenvalue weighted by Gasteiger charge is -2.19. The Bertz CT molecular complexity index is 406. The van der Waals surface area contributed by atoms with Gasteiger partial charge in [0.15, 0.2) is 0 Å². The Balaban J connectivity index is 2.32. The van der Waals surface area contributed by atoms with Gasteiger partial charge in [-0.25, -0.2) is 0 Å². The van der Waals surface area contributed by atoms with Crippen molar-refractivity contribution in [2.24, 2.45) is 0 Å². The summed E-state index contributed by atoms with van der Waals surface area (Å²) in [4.78, 5) is 12.2. The maximum atomic E-state index is 11.1. The summed E-state index contributed by atoms with van der Waals surface area (Å²) in [7, 11) is 0. The van der Waals surface area contributed by atoms with E-state index in [0.717, 1.165) is 23.5 Å². The van der Waals surface area contributed by atoms with Crippen molar-refractivity contribution in [1.29, 1.82) is 0 Å². The first-order chi connectivity index (χ1) is 7.72. The number of carboxylic acid groups (broad SMARTS) is 1. The van der Waals surface area contributed by atoms with Gasteiger partial charge in [-0.2, -0.15) is 0 Å². The Morgan fingerprint density at radius 1 is 1.62 bits per heavy atom. The highest BCUT2D eigenvalue weighted by Crippen LogP contribution is 2.34. The standard InChI is InChI=1S/C12H15NO2S/c1-2-9(12(14)15)8-3-4-10-11(7-8)16-6-5-13-10/h3-4,7,9,13H,2,5-6H2,1H3,(H,14,15). The minimum atomic E-state index is -0.740. The number of fused-ring (bicyclic) bond motifs is 1. The van der Waals surface area contributed by atoms with Crippen LogP contribution in [-0.2, 0) is 4.79 Å². The van der Waals surface area contributed by atoms with Gasteiger partial charge in [0.1, 0.15) is 0 Å². The summed E-state index contributed by atoms with van der Waals surface area (Å²) in [6, 6.07) is 5.91. The van der Waals surface area contributed by atoms with Crippen LogP contribution >= 0.6 is 11.8 Å². The van der Waals surface area contributed by atoms with Crippen molar-refractivity contribution in [2.45, 2.75) is 24.2 Å². The van der Waals surface area contributed by atoms with Crippen LogP contribution in [0.2, 0.25) is 0 Å². The van der Waals surface area contributed by atoms with Crippen LogP contribution in [0.25, 0.3) is 0 Å². The molecule has 1 heterocycles. The molecule has 1 unspecified atom stereocenters. The zero-order valence-corrected chi connectivity index (χ0v) is 10.0. The number of hydrogen-bond donors (Lipinski definition) is 2. The van der Waals surface area contributed by atoms with Crippen molar-refractivity contribution >= 4 is 23.4 Å². The molecule has 0 spiro atoms. The summed E-state index contributed by atoms with van der Waals surface area (Å²) >= 11 is 1.79. The zero-order valence-electron chi connectivity index (χ0n) is 9.19. The molecular weight excluding hydrogens is 222 g/mol. The van der Waals surface area contributed by atoms with Gasteiger partial charge in [-0.1, -0.05) is 13.0 Å². The second-order valence-electron chi connectivity index (χ2n) is 3.83. The smallest absolute Gasteiger partial charge is 0.310 e. The van der Waals surface area contributed by atoms with Gasteiger partial charge >= 0.3 is 5.97 Å². The highest BCUT2D eigenvalue weighted by molar-refractivity contribution is 7.99. The summed E-state index contributed by atoms with van der Waals surface area (Å²) in [5, 5.41) is 12.4. The van der Waals surface area contributed by atoms with Crippen LogP contribution in [0.4, 0.5) is 5.69 Å². The molecule has 16 heavy (non-hydrogen) atoms. The molecule has 0 radical (unpaired) electrons. The van der Waals surface area contributed by atoms with E-state index in [9.17, 15) is 4.79 Å². The van der Waals surface area contributed by atoms with E-state index >= 15 is 0 Å². The van der Waals surface area contributed by atoms with E-state index in [1.807, 2.05) is 25.1 Å². The minimum Gasteiger partial charge on any atom is -0.481 e. The van der Waals surface area contributed by atoms with Crippen molar-refractivity contribution in [3.8, 4) is 0 Å². The van der Waals surface area contributed by atoms with Crippen molar-refractivity contribution in [3.63, 3.8) is 0 Å². The van der Waals surface area contributed by atoms with Crippen LogP contribution in [0.5, 0.6) is 0 Å². The van der Waals surface area contributed by atoms with E-state index in [1.165, 1.54) is 4.90 Å². The molecule has 0 aromatic heterocycles. The minimum absolute atomic E-state index is 0.382. The van der Waals surface area contributed by atoms with Crippen LogP contribution in [-0.4, -0.2) is 23.4 Å². The SMILES string of the molecule is CCC(C(=O)O)c1ccc2c(c1)SCCN2. The number of thioether (sulfide) groups is 1. The molecule has 2 N–H and O–H groups in total. The van der Waals surface area contributed by atoms with Gasteiger partial charge in [0.05, 0.1) is 5.92 Å². The molecule has 1 aromatic carbocycles. The molecule has 2 rings (SSSR count). The van der Waals surface area contributed by atoms with E-state index in [-0.39, 0.29) is 5.92 Å². The first-order valence-electron chi connectivity index (χ1n) is 5.45. The summed E-state index contributed by atoms with van der Waals surface area (Å²) in [6.45, 7) is 2.89. The van der Waals surface area contributed by atoms with Gasteiger partial charge in [-0.3, -0.25) is 4.79 Å². The number of carboxylic acids is 1. The number of carbonyl (C=O) groups is 1. The molecule has 0 saturated heterocycles. The molecule has 1 aromatic rings. The average molecular weight is 237 g/mol. The van der Waals surface area contributed by atoms with E-state index in [0.29, 0.717) is 6.42 Å². The Morgan fingerprint density at radius 2 is 2.44 bits per heavy atom. The lowest BCUT2D eigenvalue weighted by Crippen LogP contribution is -2.13. The number of rotatable bonds is 3. The van der Waals surface area contributed by atoms with Crippen LogP contribution < -0.4 is 5.32 Å². The fraction of sp³-hybridized carbons (Fsp3) is 0.417. The number of anilines is 1. The average Bonchev–Trinajstić information content (AvgIpc) is 2.29. The molecular formula is C12H15NO2S. The molecule has 1 atom stereocenters. The monoisotopic (exact) mass is 237 g/mol. The predicted octanol–water partition coefficient (Wildman–Crippen LogP) is 2.78. The number of hydrogen-bond acceptors (Lipinski definition) is 3. The summed E-state index contributed by atoms with van der Waals surface area (Å²) < 4.78 is 0. The fourth-order valence-electron chi connectivity index (χ4n) is 1.92. The summed E-state index contributed by atoms with van der Waals surface area (Å²) in [5.74, 6) is -0.0793. The third-order valence-electron chi connectivity index (χ3n) is 2.79. The highest BCUT2D eigenvalue weighted by Gasteiger charge is 2.19. The Kier molecular flexibility index (Phi) is 3.39. The molecule has 0 amide bonds. The van der Waals surface area contributed by atoms with Crippen LogP contribution in [0, 0.1) is 0 Å². The predicted molar refractivity (Wildman–Crippen MR) is 66.3 cm³/mol. The molecule has 1 aliphatic heterocycles. The van der Waals surface area contributed by atoms with Gasteiger partial charge in [-0.05, 0) is 24.1 Å². The third kappa shape index (κ3) is 2.16. The quantitative estimate of drug-likeness (QED) is 0.848. The third-order valence-corrected chi connectivity index (χ3v) is 3.85. The number of aliphatic carboxylic acids is 1. The number of benzene rings is 1. The van der Waals surface area contributed by atoms with Crippen molar-refractivity contribution in [3.05, 3.63) is 23.8 Å². The number of nitrogens with one attached hydrogen (secondary N) is 1. The Hall–Kier alpha value is -1.16. The van der Waals surface area contributed by atoms with Gasteiger partial charge in [0, 0.05) is 22.9 Å². The van der Waals surface area contributed by atoms with Gasteiger partial charge in [0.25, 0.3) is 0 Å². The summed E-state index contributed by atoms with van der Waals surface area (Å²) in [6.07, 6.45) is 0.631. The normalized spacial score (nSPS) is 16.1.